The van der Waals surface area contributed by atoms with Gasteiger partial charge in [-0.15, -0.1) is 0 Å². The maximum Gasteiger partial charge on any atom is 0.0474 e. The Balaban J connectivity index is 2.35. The fraction of sp³-hybridized carbons (Fsp3) is 0.400. The predicted molar refractivity (Wildman–Crippen MR) is 61.2 cm³/mol. The summed E-state index contributed by atoms with van der Waals surface area (Å²) in [6, 6.07) is 4.04. The minimum atomic E-state index is 0.109. The number of hydrogen-bond acceptors (Lipinski definition) is 2. The standard InChI is InChI=1S/C10H12Cl2N2/c1-5(13)9-4-7-8(12)2-6(11)3-10(7)14-9/h2-3,5,9,14H,4,13H2,1H3. The lowest BCUT2D eigenvalue weighted by Gasteiger charge is -2.14. The van der Waals surface area contributed by atoms with Gasteiger partial charge >= 0.3 is 0 Å². The minimum Gasteiger partial charge on any atom is -0.380 e. The third-order valence-electron chi connectivity index (χ3n) is 2.56. The zero-order valence-electron chi connectivity index (χ0n) is 7.85. The molecule has 3 N–H and O–H groups in total. The number of fused-ring (bicyclic) bond motifs is 1. The molecule has 4 heteroatoms. The normalized spacial score (nSPS) is 21.6. The largest absolute Gasteiger partial charge is 0.380 e. The Morgan fingerprint density at radius 2 is 2.21 bits per heavy atom. The third kappa shape index (κ3) is 1.70. The fourth-order valence-corrected chi connectivity index (χ4v) is 2.30. The quantitative estimate of drug-likeness (QED) is 0.779. The summed E-state index contributed by atoms with van der Waals surface area (Å²) < 4.78 is 0. The maximum atomic E-state index is 6.08. The summed E-state index contributed by atoms with van der Waals surface area (Å²) in [7, 11) is 0. The summed E-state index contributed by atoms with van der Waals surface area (Å²) in [5.74, 6) is 0. The highest BCUT2D eigenvalue weighted by Gasteiger charge is 2.25. The van der Waals surface area contributed by atoms with Crippen LogP contribution in [0.25, 0.3) is 0 Å². The zero-order chi connectivity index (χ0) is 10.3. The van der Waals surface area contributed by atoms with Crippen LogP contribution in [-0.4, -0.2) is 12.1 Å². The van der Waals surface area contributed by atoms with Gasteiger partial charge in [-0.2, -0.15) is 0 Å². The first-order valence-corrected chi connectivity index (χ1v) is 5.33. The summed E-state index contributed by atoms with van der Waals surface area (Å²) >= 11 is 12.0. The fourth-order valence-electron chi connectivity index (χ4n) is 1.73. The molecule has 1 aliphatic heterocycles. The number of benzene rings is 1. The van der Waals surface area contributed by atoms with Crippen LogP contribution in [0, 0.1) is 0 Å². The van der Waals surface area contributed by atoms with Gasteiger partial charge in [0.1, 0.15) is 0 Å². The van der Waals surface area contributed by atoms with Crippen molar-refractivity contribution in [2.24, 2.45) is 5.73 Å². The van der Waals surface area contributed by atoms with E-state index in [-0.39, 0.29) is 12.1 Å². The summed E-state index contributed by atoms with van der Waals surface area (Å²) in [4.78, 5) is 0. The summed E-state index contributed by atoms with van der Waals surface area (Å²) in [5, 5.41) is 4.71. The van der Waals surface area contributed by atoms with Gasteiger partial charge in [-0.25, -0.2) is 0 Å². The highest BCUT2D eigenvalue weighted by Crippen LogP contribution is 2.35. The molecule has 0 amide bonds. The smallest absolute Gasteiger partial charge is 0.0474 e. The first-order chi connectivity index (χ1) is 6.58. The van der Waals surface area contributed by atoms with Crippen LogP contribution in [0.4, 0.5) is 5.69 Å². The second-order valence-corrected chi connectivity index (χ2v) is 4.57. The minimum absolute atomic E-state index is 0.109. The predicted octanol–water partition coefficient (Wildman–Crippen LogP) is 2.68. The first kappa shape index (κ1) is 10.1. The SMILES string of the molecule is CC(N)C1Cc2c(Cl)cc(Cl)cc2N1. The first-order valence-electron chi connectivity index (χ1n) is 4.58. The van der Waals surface area contributed by atoms with Crippen LogP contribution in [0.3, 0.4) is 0 Å². The van der Waals surface area contributed by atoms with Crippen molar-refractivity contribution < 1.29 is 0 Å². The van der Waals surface area contributed by atoms with E-state index in [2.05, 4.69) is 5.32 Å². The van der Waals surface area contributed by atoms with Crippen LogP contribution in [0.2, 0.25) is 10.0 Å². The van der Waals surface area contributed by atoms with E-state index < -0.39 is 0 Å². The van der Waals surface area contributed by atoms with Crippen LogP contribution >= 0.6 is 23.2 Å². The highest BCUT2D eigenvalue weighted by molar-refractivity contribution is 6.35. The molecule has 1 aromatic carbocycles. The van der Waals surface area contributed by atoms with Gasteiger partial charge in [-0.1, -0.05) is 23.2 Å². The Morgan fingerprint density at radius 1 is 1.50 bits per heavy atom. The molecule has 0 fully saturated rings. The number of hydrogen-bond donors (Lipinski definition) is 2. The molecule has 0 bridgehead atoms. The molecule has 0 radical (unpaired) electrons. The third-order valence-corrected chi connectivity index (χ3v) is 3.12. The number of nitrogens with one attached hydrogen (secondary N) is 1. The van der Waals surface area contributed by atoms with E-state index in [9.17, 15) is 0 Å². The van der Waals surface area contributed by atoms with Gasteiger partial charge in [0.15, 0.2) is 0 Å². The Kier molecular flexibility index (Phi) is 2.60. The van der Waals surface area contributed by atoms with Crippen molar-refractivity contribution in [3.63, 3.8) is 0 Å². The lowest BCUT2D eigenvalue weighted by atomic mass is 10.1. The van der Waals surface area contributed by atoms with Crippen molar-refractivity contribution in [1.29, 1.82) is 0 Å². The van der Waals surface area contributed by atoms with Crippen LogP contribution in [0.5, 0.6) is 0 Å². The molecule has 0 spiro atoms. The Hall–Kier alpha value is -0.440. The lowest BCUT2D eigenvalue weighted by molar-refractivity contribution is 0.612. The van der Waals surface area contributed by atoms with Crippen molar-refractivity contribution in [3.8, 4) is 0 Å². The van der Waals surface area contributed by atoms with E-state index in [0.717, 1.165) is 22.7 Å². The van der Waals surface area contributed by atoms with E-state index >= 15 is 0 Å². The molecule has 14 heavy (non-hydrogen) atoms. The van der Waals surface area contributed by atoms with Crippen molar-refractivity contribution in [3.05, 3.63) is 27.7 Å². The Labute approximate surface area is 93.4 Å². The number of nitrogens with two attached hydrogens (primary N) is 1. The molecule has 2 nitrogen and oxygen atoms in total. The maximum absolute atomic E-state index is 6.08. The van der Waals surface area contributed by atoms with Crippen LogP contribution in [0.15, 0.2) is 12.1 Å². The number of rotatable bonds is 1. The van der Waals surface area contributed by atoms with Crippen molar-refractivity contribution >= 4 is 28.9 Å². The zero-order valence-corrected chi connectivity index (χ0v) is 9.36. The van der Waals surface area contributed by atoms with Gasteiger partial charge in [0.25, 0.3) is 0 Å². The molecule has 0 aliphatic carbocycles. The van der Waals surface area contributed by atoms with Gasteiger partial charge in [0.05, 0.1) is 0 Å². The van der Waals surface area contributed by atoms with Gasteiger partial charge in [0.2, 0.25) is 0 Å². The molecule has 0 aromatic heterocycles. The second kappa shape index (κ2) is 3.61. The molecule has 2 unspecified atom stereocenters. The molecule has 1 heterocycles. The summed E-state index contributed by atoms with van der Waals surface area (Å²) in [6.07, 6.45) is 0.878. The molecular formula is C10H12Cl2N2. The van der Waals surface area contributed by atoms with Crippen molar-refractivity contribution in [2.75, 3.05) is 5.32 Å². The topological polar surface area (TPSA) is 38.0 Å². The molecule has 0 saturated carbocycles. The number of halogens is 2. The second-order valence-electron chi connectivity index (χ2n) is 3.73. The molecule has 2 atom stereocenters. The molecule has 0 saturated heterocycles. The summed E-state index contributed by atoms with van der Waals surface area (Å²) in [6.45, 7) is 1.99. The molecule has 2 rings (SSSR count). The van der Waals surface area contributed by atoms with Crippen LogP contribution in [0.1, 0.15) is 12.5 Å². The lowest BCUT2D eigenvalue weighted by Crippen LogP contribution is -2.36. The molecule has 1 aromatic rings. The van der Waals surface area contributed by atoms with E-state index in [0.29, 0.717) is 5.02 Å². The van der Waals surface area contributed by atoms with E-state index in [1.54, 1.807) is 6.07 Å². The van der Waals surface area contributed by atoms with Gasteiger partial charge in [-0.3, -0.25) is 0 Å². The van der Waals surface area contributed by atoms with Crippen LogP contribution in [-0.2, 0) is 6.42 Å². The van der Waals surface area contributed by atoms with Crippen LogP contribution < -0.4 is 11.1 Å². The van der Waals surface area contributed by atoms with E-state index in [1.807, 2.05) is 13.0 Å². The van der Waals surface area contributed by atoms with Crippen molar-refractivity contribution in [2.45, 2.75) is 25.4 Å². The van der Waals surface area contributed by atoms with Gasteiger partial charge in [0, 0.05) is 27.8 Å². The average molecular weight is 231 g/mol. The molecule has 76 valence electrons. The Morgan fingerprint density at radius 3 is 2.86 bits per heavy atom. The van der Waals surface area contributed by atoms with Crippen molar-refractivity contribution in [1.82, 2.24) is 0 Å². The molecule has 1 aliphatic rings. The van der Waals surface area contributed by atoms with E-state index in [4.69, 9.17) is 28.9 Å². The van der Waals surface area contributed by atoms with E-state index in [1.165, 1.54) is 0 Å². The average Bonchev–Trinajstić information content (AvgIpc) is 2.47. The van der Waals surface area contributed by atoms with Gasteiger partial charge < -0.3 is 11.1 Å². The monoisotopic (exact) mass is 230 g/mol. The molecular weight excluding hydrogens is 219 g/mol. The number of anilines is 1. The highest BCUT2D eigenvalue weighted by atomic mass is 35.5. The van der Waals surface area contributed by atoms with Gasteiger partial charge in [-0.05, 0) is 31.0 Å². The summed E-state index contributed by atoms with van der Waals surface area (Å²) in [5.41, 5.74) is 7.97. The Bertz CT molecular complexity index is 363.